The molecular weight excluding hydrogens is 370 g/mol. The summed E-state index contributed by atoms with van der Waals surface area (Å²) >= 11 is 0. The Bertz CT molecular complexity index is 829. The molecule has 2 aliphatic rings. The molecule has 8 nitrogen and oxygen atoms in total. The fraction of sp³-hybridized carbons (Fsp3) is 0.524. The van der Waals surface area contributed by atoms with E-state index in [0.717, 1.165) is 63.0 Å². The van der Waals surface area contributed by atoms with E-state index in [4.69, 9.17) is 9.47 Å². The Kier molecular flexibility index (Phi) is 6.31. The molecule has 0 radical (unpaired) electrons. The standard InChI is InChI=1S/C21H29N5O3/c1-2-20-22-5-6-26(20)12-11-24-7-9-25(10-8-24)16-21(27)23-17-3-4-18-19(15-17)29-14-13-28-18/h3-6,15H,2,7-14,16H2,1H3,(H,23,27). The van der Waals surface area contributed by atoms with Gasteiger partial charge in [-0.1, -0.05) is 6.92 Å². The molecule has 0 atom stereocenters. The highest BCUT2D eigenvalue weighted by Crippen LogP contribution is 2.32. The molecule has 1 saturated heterocycles. The summed E-state index contributed by atoms with van der Waals surface area (Å²) in [4.78, 5) is 21.5. The van der Waals surface area contributed by atoms with E-state index in [-0.39, 0.29) is 5.91 Å². The minimum absolute atomic E-state index is 0.00105. The van der Waals surface area contributed by atoms with Crippen molar-refractivity contribution in [2.24, 2.45) is 0 Å². The molecule has 0 bridgehead atoms. The van der Waals surface area contributed by atoms with Crippen molar-refractivity contribution >= 4 is 11.6 Å². The van der Waals surface area contributed by atoms with Gasteiger partial charge >= 0.3 is 0 Å². The number of nitrogens with one attached hydrogen (secondary N) is 1. The number of aromatic nitrogens is 2. The first-order valence-electron chi connectivity index (χ1n) is 10.4. The second-order valence-electron chi connectivity index (χ2n) is 7.41. The molecule has 2 aliphatic heterocycles. The number of hydrogen-bond donors (Lipinski definition) is 1. The molecule has 0 saturated carbocycles. The minimum Gasteiger partial charge on any atom is -0.486 e. The Morgan fingerprint density at radius 1 is 1.07 bits per heavy atom. The van der Waals surface area contributed by atoms with E-state index < -0.39 is 0 Å². The number of ether oxygens (including phenoxy) is 2. The third kappa shape index (κ3) is 5.07. The normalized spacial score (nSPS) is 17.3. The Balaban J connectivity index is 1.20. The van der Waals surface area contributed by atoms with E-state index >= 15 is 0 Å². The van der Waals surface area contributed by atoms with Crippen LogP contribution in [-0.4, -0.2) is 77.7 Å². The summed E-state index contributed by atoms with van der Waals surface area (Å²) in [6.07, 6.45) is 4.88. The van der Waals surface area contributed by atoms with Gasteiger partial charge in [-0.3, -0.25) is 14.6 Å². The third-order valence-electron chi connectivity index (χ3n) is 5.43. The molecule has 0 spiro atoms. The van der Waals surface area contributed by atoms with Crippen molar-refractivity contribution in [3.63, 3.8) is 0 Å². The lowest BCUT2D eigenvalue weighted by Gasteiger charge is -2.34. The number of carbonyl (C=O) groups is 1. The van der Waals surface area contributed by atoms with E-state index in [0.29, 0.717) is 25.5 Å². The number of carbonyl (C=O) groups excluding carboxylic acids is 1. The lowest BCUT2D eigenvalue weighted by atomic mass is 10.2. The molecule has 1 fully saturated rings. The van der Waals surface area contributed by atoms with Crippen molar-refractivity contribution in [3.8, 4) is 11.5 Å². The maximum absolute atomic E-state index is 12.4. The van der Waals surface area contributed by atoms with Gasteiger partial charge in [-0.05, 0) is 12.1 Å². The van der Waals surface area contributed by atoms with Gasteiger partial charge in [0.2, 0.25) is 5.91 Å². The zero-order chi connectivity index (χ0) is 20.1. The lowest BCUT2D eigenvalue weighted by molar-refractivity contribution is -0.117. The van der Waals surface area contributed by atoms with Crippen molar-refractivity contribution in [1.29, 1.82) is 0 Å². The molecule has 2 aromatic rings. The van der Waals surface area contributed by atoms with Crippen LogP contribution >= 0.6 is 0 Å². The molecule has 3 heterocycles. The molecule has 0 unspecified atom stereocenters. The van der Waals surface area contributed by atoms with Gasteiger partial charge < -0.3 is 19.4 Å². The molecule has 8 heteroatoms. The lowest BCUT2D eigenvalue weighted by Crippen LogP contribution is -2.49. The maximum Gasteiger partial charge on any atom is 0.238 e. The SMILES string of the molecule is CCc1nccn1CCN1CCN(CC(=O)Nc2ccc3c(c2)OCCO3)CC1. The Labute approximate surface area is 171 Å². The molecule has 29 heavy (non-hydrogen) atoms. The van der Waals surface area contributed by atoms with Crippen LogP contribution in [0, 0.1) is 0 Å². The fourth-order valence-electron chi connectivity index (χ4n) is 3.80. The smallest absolute Gasteiger partial charge is 0.238 e. The number of rotatable bonds is 7. The summed E-state index contributed by atoms with van der Waals surface area (Å²) in [7, 11) is 0. The van der Waals surface area contributed by atoms with Crippen LogP contribution in [0.1, 0.15) is 12.7 Å². The number of aryl methyl sites for hydroxylation is 1. The number of fused-ring (bicyclic) bond motifs is 1. The van der Waals surface area contributed by atoms with E-state index in [1.54, 1.807) is 0 Å². The number of nitrogens with zero attached hydrogens (tertiary/aromatic N) is 4. The fourth-order valence-corrected chi connectivity index (χ4v) is 3.80. The summed E-state index contributed by atoms with van der Waals surface area (Å²) in [6.45, 7) is 9.38. The first-order chi connectivity index (χ1) is 14.2. The molecule has 1 aromatic heterocycles. The van der Waals surface area contributed by atoms with E-state index in [2.05, 4.69) is 37.8 Å². The number of imidazole rings is 1. The summed E-state index contributed by atoms with van der Waals surface area (Å²) in [5.74, 6) is 2.56. The van der Waals surface area contributed by atoms with E-state index in [9.17, 15) is 4.79 Å². The zero-order valence-electron chi connectivity index (χ0n) is 17.0. The average molecular weight is 399 g/mol. The van der Waals surface area contributed by atoms with Gasteiger partial charge in [0.1, 0.15) is 19.0 Å². The first kappa shape index (κ1) is 19.7. The Morgan fingerprint density at radius 2 is 1.83 bits per heavy atom. The van der Waals surface area contributed by atoms with Crippen molar-refractivity contribution in [3.05, 3.63) is 36.4 Å². The van der Waals surface area contributed by atoms with Gasteiger partial charge in [0.15, 0.2) is 11.5 Å². The predicted octanol–water partition coefficient (Wildman–Crippen LogP) is 1.47. The highest BCUT2D eigenvalue weighted by atomic mass is 16.6. The topological polar surface area (TPSA) is 71.9 Å². The third-order valence-corrected chi connectivity index (χ3v) is 5.43. The van der Waals surface area contributed by atoms with Crippen molar-refractivity contribution < 1.29 is 14.3 Å². The number of piperazine rings is 1. The van der Waals surface area contributed by atoms with Crippen LogP contribution in [0.4, 0.5) is 5.69 Å². The molecule has 0 aliphatic carbocycles. The van der Waals surface area contributed by atoms with Crippen LogP contribution in [0.2, 0.25) is 0 Å². The van der Waals surface area contributed by atoms with Gasteiger partial charge in [0.05, 0.1) is 6.54 Å². The van der Waals surface area contributed by atoms with Crippen LogP contribution in [0.3, 0.4) is 0 Å². The Hall–Kier alpha value is -2.58. The van der Waals surface area contributed by atoms with Gasteiger partial charge in [-0.15, -0.1) is 0 Å². The molecule has 4 rings (SSSR count). The predicted molar refractivity (Wildman–Crippen MR) is 111 cm³/mol. The largest absolute Gasteiger partial charge is 0.486 e. The van der Waals surface area contributed by atoms with Crippen molar-refractivity contribution in [1.82, 2.24) is 19.4 Å². The van der Waals surface area contributed by atoms with Crippen LogP contribution in [0.25, 0.3) is 0 Å². The summed E-state index contributed by atoms with van der Waals surface area (Å²) < 4.78 is 13.3. The van der Waals surface area contributed by atoms with E-state index in [1.807, 2.05) is 24.4 Å². The monoisotopic (exact) mass is 399 g/mol. The van der Waals surface area contributed by atoms with Crippen LogP contribution < -0.4 is 14.8 Å². The minimum atomic E-state index is 0.00105. The van der Waals surface area contributed by atoms with Crippen LogP contribution in [0.5, 0.6) is 11.5 Å². The second-order valence-corrected chi connectivity index (χ2v) is 7.41. The first-order valence-corrected chi connectivity index (χ1v) is 10.4. The number of amides is 1. The molecular formula is C21H29N5O3. The molecule has 156 valence electrons. The molecule has 1 N–H and O–H groups in total. The van der Waals surface area contributed by atoms with Crippen LogP contribution in [0.15, 0.2) is 30.6 Å². The molecule has 1 aromatic carbocycles. The highest BCUT2D eigenvalue weighted by Gasteiger charge is 2.19. The van der Waals surface area contributed by atoms with Crippen molar-refractivity contribution in [2.75, 3.05) is 57.8 Å². The van der Waals surface area contributed by atoms with Gasteiger partial charge in [-0.2, -0.15) is 0 Å². The van der Waals surface area contributed by atoms with Gasteiger partial charge in [0.25, 0.3) is 0 Å². The average Bonchev–Trinajstić information content (AvgIpc) is 3.21. The number of benzene rings is 1. The summed E-state index contributed by atoms with van der Waals surface area (Å²) in [5.41, 5.74) is 0.741. The van der Waals surface area contributed by atoms with Gasteiger partial charge in [0, 0.05) is 69.8 Å². The molecule has 1 amide bonds. The Morgan fingerprint density at radius 3 is 2.62 bits per heavy atom. The number of anilines is 1. The summed E-state index contributed by atoms with van der Waals surface area (Å²) in [6, 6.07) is 5.52. The summed E-state index contributed by atoms with van der Waals surface area (Å²) in [5, 5.41) is 2.97. The maximum atomic E-state index is 12.4. The van der Waals surface area contributed by atoms with E-state index in [1.165, 1.54) is 0 Å². The van der Waals surface area contributed by atoms with Crippen molar-refractivity contribution in [2.45, 2.75) is 19.9 Å². The highest BCUT2D eigenvalue weighted by molar-refractivity contribution is 5.92. The number of hydrogen-bond acceptors (Lipinski definition) is 6. The van der Waals surface area contributed by atoms with Gasteiger partial charge in [-0.25, -0.2) is 4.98 Å². The second kappa shape index (κ2) is 9.28. The van der Waals surface area contributed by atoms with Crippen LogP contribution in [-0.2, 0) is 17.8 Å². The zero-order valence-corrected chi connectivity index (χ0v) is 17.0. The quantitative estimate of drug-likeness (QED) is 0.760.